The molecular weight excluding hydrogens is 470 g/mol. The molecule has 0 saturated carbocycles. The van der Waals surface area contributed by atoms with Gasteiger partial charge < -0.3 is 15.5 Å². The molecule has 0 spiro atoms. The fourth-order valence-electron chi connectivity index (χ4n) is 5.65. The maximum Gasteiger partial charge on any atom is 0.246 e. The Hall–Kier alpha value is -3.26. The number of anilines is 2. The Morgan fingerprint density at radius 1 is 1.03 bits per heavy atom. The van der Waals surface area contributed by atoms with Crippen LogP contribution in [0, 0.1) is 18.8 Å². The first-order valence-corrected chi connectivity index (χ1v) is 13.6. The van der Waals surface area contributed by atoms with Crippen molar-refractivity contribution in [3.8, 4) is 0 Å². The largest absolute Gasteiger partial charge is 0.342 e. The smallest absolute Gasteiger partial charge is 0.246 e. The van der Waals surface area contributed by atoms with E-state index in [4.69, 9.17) is 0 Å². The number of fused-ring (bicyclic) bond motifs is 1. The van der Waals surface area contributed by atoms with E-state index in [1.165, 1.54) is 22.5 Å². The lowest BCUT2D eigenvalue weighted by molar-refractivity contribution is -0.154. The highest BCUT2D eigenvalue weighted by molar-refractivity contribution is 7.15. The van der Waals surface area contributed by atoms with Crippen molar-refractivity contribution in [3.63, 3.8) is 0 Å². The molecule has 0 bridgehead atoms. The van der Waals surface area contributed by atoms with E-state index >= 15 is 0 Å². The normalized spacial score (nSPS) is 20.1. The lowest BCUT2D eigenvalue weighted by Crippen LogP contribution is -2.66. The monoisotopic (exact) mass is 503 g/mol. The Bertz CT molecular complexity index is 1210. The van der Waals surface area contributed by atoms with Crippen LogP contribution in [0.5, 0.6) is 0 Å². The zero-order valence-electron chi connectivity index (χ0n) is 21.0. The third-order valence-electron chi connectivity index (χ3n) is 7.58. The summed E-state index contributed by atoms with van der Waals surface area (Å²) in [5, 5.41) is 16.2. The standard InChI is InChI=1S/C28H33N5O2S/c1-4-19(5-2)25-26(34)30-24(22-14-20-8-6-7-9-21(20)15-22)27(35)33(25)16-18-10-12-23(13-11-18)29-28-32-31-17(3)36-28/h6-13,19,22,24-25H,4-5,14-16H2,1-3H3,(H,29,32)(H,30,34)/t24-,25-/m1/s1. The van der Waals surface area contributed by atoms with Crippen molar-refractivity contribution in [2.75, 3.05) is 5.32 Å². The van der Waals surface area contributed by atoms with Crippen LogP contribution in [0.2, 0.25) is 0 Å². The molecule has 2 atom stereocenters. The van der Waals surface area contributed by atoms with Gasteiger partial charge >= 0.3 is 0 Å². The van der Waals surface area contributed by atoms with Crippen molar-refractivity contribution in [1.29, 1.82) is 0 Å². The third kappa shape index (κ3) is 4.87. The molecule has 7 nitrogen and oxygen atoms in total. The van der Waals surface area contributed by atoms with Crippen LogP contribution in [-0.4, -0.2) is 39.0 Å². The Balaban J connectivity index is 1.37. The van der Waals surface area contributed by atoms with Gasteiger partial charge in [-0.25, -0.2) is 0 Å². The van der Waals surface area contributed by atoms with Crippen molar-refractivity contribution in [2.45, 2.75) is 65.1 Å². The summed E-state index contributed by atoms with van der Waals surface area (Å²) in [7, 11) is 0. The summed E-state index contributed by atoms with van der Waals surface area (Å²) in [5.74, 6) is 0.230. The molecule has 1 aromatic heterocycles. The zero-order valence-corrected chi connectivity index (χ0v) is 21.8. The van der Waals surface area contributed by atoms with Gasteiger partial charge in [-0.15, -0.1) is 10.2 Å². The molecular formula is C28H33N5O2S. The van der Waals surface area contributed by atoms with Gasteiger partial charge in [0, 0.05) is 12.2 Å². The molecule has 0 radical (unpaired) electrons. The maximum absolute atomic E-state index is 14.0. The van der Waals surface area contributed by atoms with Crippen LogP contribution < -0.4 is 10.6 Å². The van der Waals surface area contributed by atoms with Crippen molar-refractivity contribution in [2.24, 2.45) is 11.8 Å². The van der Waals surface area contributed by atoms with E-state index in [0.717, 1.165) is 47.1 Å². The molecule has 2 N–H and O–H groups in total. The summed E-state index contributed by atoms with van der Waals surface area (Å²) in [6, 6.07) is 15.4. The highest BCUT2D eigenvalue weighted by atomic mass is 32.1. The molecule has 5 rings (SSSR count). The first-order chi connectivity index (χ1) is 17.5. The van der Waals surface area contributed by atoms with E-state index < -0.39 is 12.1 Å². The molecule has 1 fully saturated rings. The Labute approximate surface area is 216 Å². The molecule has 2 aliphatic rings. The first kappa shape index (κ1) is 24.4. The molecule has 3 aromatic rings. The minimum Gasteiger partial charge on any atom is -0.342 e. The number of hydrogen-bond acceptors (Lipinski definition) is 6. The SMILES string of the molecule is CCC(CC)[C@@H]1C(=O)N[C@H](C2Cc3ccccc3C2)C(=O)N1Cc1ccc(Nc2nnc(C)s2)cc1. The van der Waals surface area contributed by atoms with Crippen LogP contribution in [0.15, 0.2) is 48.5 Å². The van der Waals surface area contributed by atoms with Crippen LogP contribution in [0.3, 0.4) is 0 Å². The highest BCUT2D eigenvalue weighted by Crippen LogP contribution is 2.33. The van der Waals surface area contributed by atoms with Gasteiger partial charge in [-0.05, 0) is 60.4 Å². The molecule has 188 valence electrons. The van der Waals surface area contributed by atoms with Crippen molar-refractivity contribution in [3.05, 3.63) is 70.2 Å². The number of nitrogens with one attached hydrogen (secondary N) is 2. The molecule has 2 amide bonds. The van der Waals surface area contributed by atoms with Crippen LogP contribution in [0.1, 0.15) is 48.4 Å². The van der Waals surface area contributed by atoms with Crippen LogP contribution in [0.25, 0.3) is 0 Å². The van der Waals surface area contributed by atoms with E-state index in [1.807, 2.05) is 48.2 Å². The average molecular weight is 504 g/mol. The third-order valence-corrected chi connectivity index (χ3v) is 8.34. The second-order valence-electron chi connectivity index (χ2n) is 9.86. The first-order valence-electron chi connectivity index (χ1n) is 12.8. The quantitative estimate of drug-likeness (QED) is 0.468. The van der Waals surface area contributed by atoms with Crippen LogP contribution >= 0.6 is 11.3 Å². The predicted molar refractivity (Wildman–Crippen MR) is 142 cm³/mol. The van der Waals surface area contributed by atoms with E-state index in [2.05, 4.69) is 46.8 Å². The Morgan fingerprint density at radius 3 is 2.28 bits per heavy atom. The van der Waals surface area contributed by atoms with Gasteiger partial charge in [0.25, 0.3) is 0 Å². The van der Waals surface area contributed by atoms with Gasteiger partial charge in [0.15, 0.2) is 0 Å². The van der Waals surface area contributed by atoms with Crippen LogP contribution in [-0.2, 0) is 29.0 Å². The van der Waals surface area contributed by atoms with E-state index in [9.17, 15) is 9.59 Å². The second kappa shape index (κ2) is 10.4. The summed E-state index contributed by atoms with van der Waals surface area (Å²) >= 11 is 1.50. The number of piperazine rings is 1. The average Bonchev–Trinajstić information content (AvgIpc) is 3.50. The Kier molecular flexibility index (Phi) is 7.05. The lowest BCUT2D eigenvalue weighted by atomic mass is 9.86. The summed E-state index contributed by atoms with van der Waals surface area (Å²) in [4.78, 5) is 29.3. The number of carbonyl (C=O) groups is 2. The fraction of sp³-hybridized carbons (Fsp3) is 0.429. The molecule has 36 heavy (non-hydrogen) atoms. The summed E-state index contributed by atoms with van der Waals surface area (Å²) in [5.41, 5.74) is 4.48. The number of rotatable bonds is 8. The minimum absolute atomic E-state index is 0.0193. The topological polar surface area (TPSA) is 87.2 Å². The van der Waals surface area contributed by atoms with Crippen molar-refractivity contribution in [1.82, 2.24) is 20.4 Å². The molecule has 1 aliphatic carbocycles. The molecule has 1 aliphatic heterocycles. The molecule has 8 heteroatoms. The van der Waals surface area contributed by atoms with Gasteiger partial charge in [-0.3, -0.25) is 9.59 Å². The number of aromatic nitrogens is 2. The second-order valence-corrected chi connectivity index (χ2v) is 11.0. The van der Waals surface area contributed by atoms with Crippen molar-refractivity contribution < 1.29 is 9.59 Å². The highest BCUT2D eigenvalue weighted by Gasteiger charge is 2.46. The number of hydrogen-bond donors (Lipinski definition) is 2. The van der Waals surface area contributed by atoms with E-state index in [-0.39, 0.29) is 23.7 Å². The number of benzene rings is 2. The van der Waals surface area contributed by atoms with Gasteiger partial charge in [0.1, 0.15) is 17.1 Å². The molecule has 1 saturated heterocycles. The molecule has 2 aromatic carbocycles. The fourth-order valence-corrected chi connectivity index (χ4v) is 6.26. The van der Waals surface area contributed by atoms with E-state index in [1.54, 1.807) is 0 Å². The van der Waals surface area contributed by atoms with Gasteiger partial charge in [0.05, 0.1) is 0 Å². The Morgan fingerprint density at radius 2 is 1.69 bits per heavy atom. The minimum atomic E-state index is -0.489. The molecule has 0 unspecified atom stereocenters. The van der Waals surface area contributed by atoms with Gasteiger partial charge in [-0.2, -0.15) is 0 Å². The molecule has 2 heterocycles. The summed E-state index contributed by atoms with van der Waals surface area (Å²) in [6.07, 6.45) is 3.34. The van der Waals surface area contributed by atoms with Crippen LogP contribution in [0.4, 0.5) is 10.8 Å². The lowest BCUT2D eigenvalue weighted by Gasteiger charge is -2.43. The number of amides is 2. The van der Waals surface area contributed by atoms with Gasteiger partial charge in [-0.1, -0.05) is 74.4 Å². The predicted octanol–water partition coefficient (Wildman–Crippen LogP) is 4.64. The maximum atomic E-state index is 14.0. The zero-order chi connectivity index (χ0) is 25.2. The van der Waals surface area contributed by atoms with Crippen molar-refractivity contribution >= 4 is 34.0 Å². The van der Waals surface area contributed by atoms with Gasteiger partial charge in [0.2, 0.25) is 16.9 Å². The number of aryl methyl sites for hydroxylation is 1. The number of nitrogens with zero attached hydrogens (tertiary/aromatic N) is 3. The number of carbonyl (C=O) groups excluding carboxylic acids is 2. The summed E-state index contributed by atoms with van der Waals surface area (Å²) in [6.45, 7) is 6.53. The van der Waals surface area contributed by atoms with E-state index in [0.29, 0.717) is 6.54 Å². The summed E-state index contributed by atoms with van der Waals surface area (Å²) < 4.78 is 0.